The largest absolute Gasteiger partial charge is 0.507 e. The van der Waals surface area contributed by atoms with Gasteiger partial charge in [0.05, 0.1) is 17.7 Å². The number of aromatic nitrogens is 1. The van der Waals surface area contributed by atoms with Crippen molar-refractivity contribution in [1.29, 1.82) is 0 Å². The Morgan fingerprint density at radius 2 is 1.96 bits per heavy atom. The molecule has 0 saturated carbocycles. The molecule has 0 aliphatic heterocycles. The molecule has 0 radical (unpaired) electrons. The number of ether oxygens (including phenoxy) is 1. The highest BCUT2D eigenvalue weighted by Gasteiger charge is 2.11. The lowest BCUT2D eigenvalue weighted by molar-refractivity contribution is 0.240. The molecule has 2 aromatic carbocycles. The first kappa shape index (κ1) is 15.9. The summed E-state index contributed by atoms with van der Waals surface area (Å²) in [6.07, 6.45) is 0.729. The topological polar surface area (TPSA) is 75.5 Å². The second kappa shape index (κ2) is 6.66. The van der Waals surface area contributed by atoms with Gasteiger partial charge in [0.2, 0.25) is 0 Å². The average Bonchev–Trinajstić information content (AvgIpc) is 2.95. The Kier molecular flexibility index (Phi) is 4.42. The summed E-state index contributed by atoms with van der Waals surface area (Å²) in [5.41, 5.74) is 2.12. The molecule has 2 N–H and O–H groups in total. The molecule has 124 valence electrons. The van der Waals surface area contributed by atoms with Crippen LogP contribution in [-0.2, 0) is 6.42 Å². The minimum atomic E-state index is -0.340. The van der Waals surface area contributed by atoms with E-state index in [2.05, 4.69) is 5.16 Å². The number of aromatic hydroxyl groups is 1. The molecule has 1 heterocycles. The number of phenols is 1. The van der Waals surface area contributed by atoms with E-state index in [1.54, 1.807) is 12.1 Å². The van der Waals surface area contributed by atoms with Crippen LogP contribution in [0.2, 0.25) is 0 Å². The standard InChI is InChI=1S/C19H19NO4/c1-12(2)23-17-6-4-3-5-14(17)9-13-7-8-15(16(21)10-13)18-11-19(22)20-24-18/h3-8,10-12,21H,9H2,1-2H3,(H,20,22). The highest BCUT2D eigenvalue weighted by atomic mass is 16.5. The maximum absolute atomic E-state index is 11.2. The summed E-state index contributed by atoms with van der Waals surface area (Å²) < 4.78 is 10.9. The molecule has 0 bridgehead atoms. The number of aromatic amines is 1. The Labute approximate surface area is 139 Å². The molecule has 5 nitrogen and oxygen atoms in total. The van der Waals surface area contributed by atoms with E-state index >= 15 is 0 Å². The summed E-state index contributed by atoms with van der Waals surface area (Å²) in [5.74, 6) is 1.22. The zero-order chi connectivity index (χ0) is 17.1. The van der Waals surface area contributed by atoms with Crippen LogP contribution in [0.5, 0.6) is 11.5 Å². The fourth-order valence-corrected chi connectivity index (χ4v) is 2.55. The van der Waals surface area contributed by atoms with Gasteiger partial charge in [0, 0.05) is 6.42 Å². The molecule has 0 aliphatic carbocycles. The fraction of sp³-hybridized carbons (Fsp3) is 0.211. The quantitative estimate of drug-likeness (QED) is 0.749. The van der Waals surface area contributed by atoms with Crippen molar-refractivity contribution in [2.75, 3.05) is 0 Å². The predicted octanol–water partition coefficient (Wildman–Crippen LogP) is 3.72. The smallest absolute Gasteiger partial charge is 0.280 e. The van der Waals surface area contributed by atoms with E-state index < -0.39 is 0 Å². The van der Waals surface area contributed by atoms with Crippen LogP contribution in [0.15, 0.2) is 57.8 Å². The van der Waals surface area contributed by atoms with Crippen molar-refractivity contribution in [3.8, 4) is 22.8 Å². The van der Waals surface area contributed by atoms with Gasteiger partial charge in [-0.05, 0) is 43.2 Å². The minimum Gasteiger partial charge on any atom is -0.507 e. The number of benzene rings is 2. The van der Waals surface area contributed by atoms with Gasteiger partial charge in [0.1, 0.15) is 11.5 Å². The van der Waals surface area contributed by atoms with E-state index in [1.165, 1.54) is 6.07 Å². The number of para-hydroxylation sites is 1. The Morgan fingerprint density at radius 3 is 2.62 bits per heavy atom. The van der Waals surface area contributed by atoms with Gasteiger partial charge in [0.15, 0.2) is 5.76 Å². The number of hydrogen-bond acceptors (Lipinski definition) is 4. The van der Waals surface area contributed by atoms with Crippen LogP contribution in [0.4, 0.5) is 0 Å². The van der Waals surface area contributed by atoms with Crippen LogP contribution in [0, 0.1) is 0 Å². The van der Waals surface area contributed by atoms with Crippen LogP contribution < -0.4 is 10.3 Å². The van der Waals surface area contributed by atoms with Crippen molar-refractivity contribution in [1.82, 2.24) is 5.16 Å². The molecule has 0 unspecified atom stereocenters. The summed E-state index contributed by atoms with van der Waals surface area (Å²) in [5, 5.41) is 12.5. The minimum absolute atomic E-state index is 0.0671. The van der Waals surface area contributed by atoms with Gasteiger partial charge in [-0.2, -0.15) is 5.16 Å². The molecule has 24 heavy (non-hydrogen) atoms. The van der Waals surface area contributed by atoms with Gasteiger partial charge in [-0.25, -0.2) is 0 Å². The van der Waals surface area contributed by atoms with Crippen molar-refractivity contribution in [2.24, 2.45) is 0 Å². The lowest BCUT2D eigenvalue weighted by atomic mass is 10.0. The van der Waals surface area contributed by atoms with Crippen LogP contribution in [0.1, 0.15) is 25.0 Å². The molecule has 5 heteroatoms. The molecule has 3 rings (SSSR count). The normalized spacial score (nSPS) is 11.0. The summed E-state index contributed by atoms with van der Waals surface area (Å²) in [6.45, 7) is 3.98. The molecule has 1 aromatic heterocycles. The van der Waals surface area contributed by atoms with E-state index in [-0.39, 0.29) is 17.4 Å². The van der Waals surface area contributed by atoms with Crippen LogP contribution in [-0.4, -0.2) is 16.4 Å². The maximum atomic E-state index is 11.2. The van der Waals surface area contributed by atoms with Gasteiger partial charge in [-0.3, -0.25) is 4.79 Å². The lowest BCUT2D eigenvalue weighted by Gasteiger charge is -2.14. The first-order chi connectivity index (χ1) is 11.5. The van der Waals surface area contributed by atoms with Crippen LogP contribution in [0.25, 0.3) is 11.3 Å². The maximum Gasteiger partial charge on any atom is 0.280 e. The predicted molar refractivity (Wildman–Crippen MR) is 91.4 cm³/mol. The van der Waals surface area contributed by atoms with Gasteiger partial charge in [-0.15, -0.1) is 0 Å². The van der Waals surface area contributed by atoms with Gasteiger partial charge in [0.25, 0.3) is 5.56 Å². The third-order valence-electron chi connectivity index (χ3n) is 3.58. The van der Waals surface area contributed by atoms with Crippen molar-refractivity contribution in [2.45, 2.75) is 26.4 Å². The third-order valence-corrected chi connectivity index (χ3v) is 3.58. The molecule has 0 fully saturated rings. The Balaban J connectivity index is 1.87. The molecule has 0 atom stereocenters. The average molecular weight is 325 g/mol. The van der Waals surface area contributed by atoms with Crippen molar-refractivity contribution in [3.05, 3.63) is 70.0 Å². The summed E-state index contributed by atoms with van der Waals surface area (Å²) in [6, 6.07) is 14.5. The molecule has 0 spiro atoms. The second-order valence-corrected chi connectivity index (χ2v) is 5.88. The zero-order valence-electron chi connectivity index (χ0n) is 13.6. The lowest BCUT2D eigenvalue weighted by Crippen LogP contribution is -2.07. The van der Waals surface area contributed by atoms with Crippen molar-refractivity contribution >= 4 is 0 Å². The Morgan fingerprint density at radius 1 is 1.17 bits per heavy atom. The Bertz CT molecular complexity index is 892. The fourth-order valence-electron chi connectivity index (χ4n) is 2.55. The number of hydrogen-bond donors (Lipinski definition) is 2. The molecule has 0 saturated heterocycles. The first-order valence-corrected chi connectivity index (χ1v) is 7.78. The summed E-state index contributed by atoms with van der Waals surface area (Å²) >= 11 is 0. The van der Waals surface area contributed by atoms with E-state index in [4.69, 9.17) is 9.26 Å². The van der Waals surface area contributed by atoms with E-state index in [0.29, 0.717) is 17.7 Å². The van der Waals surface area contributed by atoms with Crippen LogP contribution >= 0.6 is 0 Å². The molecule has 3 aromatic rings. The molecule has 0 aliphatic rings. The number of phenolic OH excluding ortho intramolecular Hbond substituents is 1. The molecular weight excluding hydrogens is 306 g/mol. The zero-order valence-corrected chi connectivity index (χ0v) is 13.6. The highest BCUT2D eigenvalue weighted by molar-refractivity contribution is 5.65. The SMILES string of the molecule is CC(C)Oc1ccccc1Cc1ccc(-c2cc(=O)[nH]o2)c(O)c1. The monoisotopic (exact) mass is 325 g/mol. The van der Waals surface area contributed by atoms with Crippen molar-refractivity contribution in [3.63, 3.8) is 0 Å². The number of nitrogens with one attached hydrogen (secondary N) is 1. The van der Waals surface area contributed by atoms with E-state index in [9.17, 15) is 9.90 Å². The molecule has 0 amide bonds. The van der Waals surface area contributed by atoms with E-state index in [1.807, 2.05) is 44.2 Å². The Hall–Kier alpha value is -2.95. The highest BCUT2D eigenvalue weighted by Crippen LogP contribution is 2.31. The van der Waals surface area contributed by atoms with Crippen LogP contribution in [0.3, 0.4) is 0 Å². The molecular formula is C19H19NO4. The summed E-state index contributed by atoms with van der Waals surface area (Å²) in [4.78, 5) is 11.2. The van der Waals surface area contributed by atoms with Gasteiger partial charge >= 0.3 is 0 Å². The second-order valence-electron chi connectivity index (χ2n) is 5.88. The number of H-pyrrole nitrogens is 1. The van der Waals surface area contributed by atoms with E-state index in [0.717, 1.165) is 16.9 Å². The van der Waals surface area contributed by atoms with Crippen molar-refractivity contribution < 1.29 is 14.4 Å². The number of rotatable bonds is 5. The van der Waals surface area contributed by atoms with Gasteiger partial charge < -0.3 is 14.4 Å². The third kappa shape index (κ3) is 3.51. The summed E-state index contributed by atoms with van der Waals surface area (Å²) in [7, 11) is 0. The van der Waals surface area contributed by atoms with Gasteiger partial charge in [-0.1, -0.05) is 24.3 Å². The first-order valence-electron chi connectivity index (χ1n) is 7.78.